The Kier molecular flexibility index (Phi) is 2.95. The van der Waals surface area contributed by atoms with E-state index in [1.54, 1.807) is 6.92 Å². The lowest BCUT2D eigenvalue weighted by atomic mass is 9.97. The topological polar surface area (TPSA) is 70.2 Å². The summed E-state index contributed by atoms with van der Waals surface area (Å²) in [5.41, 5.74) is 1.58. The first-order valence-corrected chi connectivity index (χ1v) is 5.81. The maximum atomic E-state index is 11.7. The molecule has 2 rings (SSSR count). The second kappa shape index (κ2) is 4.29. The highest BCUT2D eigenvalue weighted by Gasteiger charge is 2.15. The highest BCUT2D eigenvalue weighted by molar-refractivity contribution is 5.95. The average molecular weight is 245 g/mol. The van der Waals surface area contributed by atoms with Crippen LogP contribution in [0.2, 0.25) is 0 Å². The lowest BCUT2D eigenvalue weighted by Gasteiger charge is -2.10. The molecule has 2 N–H and O–H groups in total. The van der Waals surface area contributed by atoms with Crippen LogP contribution >= 0.6 is 0 Å². The molecule has 0 amide bonds. The fourth-order valence-electron chi connectivity index (χ4n) is 2.09. The van der Waals surface area contributed by atoms with Crippen LogP contribution in [0.1, 0.15) is 41.3 Å². The van der Waals surface area contributed by atoms with Crippen molar-refractivity contribution in [3.63, 3.8) is 0 Å². The molecule has 0 saturated carbocycles. The van der Waals surface area contributed by atoms with Gasteiger partial charge in [0.15, 0.2) is 0 Å². The normalized spacial score (nSPS) is 11.1. The molecule has 4 nitrogen and oxygen atoms in total. The quantitative estimate of drug-likeness (QED) is 0.854. The van der Waals surface area contributed by atoms with E-state index in [1.165, 1.54) is 0 Å². The Bertz CT molecular complexity index is 683. The third kappa shape index (κ3) is 1.90. The standard InChI is InChI=1S/C14H15NO3/c1-7(2)9-4-5-11-10(6-9)8(3)12(14(17)18)13(16)15-11/h4-7H,1-3H3,(H,15,16)(H,17,18). The van der Waals surface area contributed by atoms with E-state index in [9.17, 15) is 9.59 Å². The van der Waals surface area contributed by atoms with E-state index in [-0.39, 0.29) is 5.56 Å². The Morgan fingerprint density at radius 3 is 2.56 bits per heavy atom. The van der Waals surface area contributed by atoms with E-state index in [0.717, 1.165) is 10.9 Å². The molecule has 0 atom stereocenters. The number of nitrogens with one attached hydrogen (secondary N) is 1. The maximum Gasteiger partial charge on any atom is 0.341 e. The van der Waals surface area contributed by atoms with E-state index in [0.29, 0.717) is 17.0 Å². The molecular weight excluding hydrogens is 230 g/mol. The maximum absolute atomic E-state index is 11.7. The molecule has 0 aliphatic rings. The van der Waals surface area contributed by atoms with Gasteiger partial charge < -0.3 is 10.1 Å². The molecule has 0 bridgehead atoms. The van der Waals surface area contributed by atoms with Crippen LogP contribution < -0.4 is 5.56 Å². The van der Waals surface area contributed by atoms with E-state index in [2.05, 4.69) is 18.8 Å². The minimum absolute atomic E-state index is 0.177. The number of hydrogen-bond acceptors (Lipinski definition) is 2. The van der Waals surface area contributed by atoms with Crippen molar-refractivity contribution in [2.45, 2.75) is 26.7 Å². The number of carboxylic acids is 1. The minimum atomic E-state index is -1.19. The first-order chi connectivity index (χ1) is 8.41. The van der Waals surface area contributed by atoms with E-state index in [1.807, 2.05) is 18.2 Å². The zero-order valence-electron chi connectivity index (χ0n) is 10.6. The van der Waals surface area contributed by atoms with Gasteiger partial charge in [0.05, 0.1) is 0 Å². The number of H-pyrrole nitrogens is 1. The molecule has 0 aliphatic carbocycles. The third-order valence-corrected chi connectivity index (χ3v) is 3.18. The average Bonchev–Trinajstić information content (AvgIpc) is 2.27. The summed E-state index contributed by atoms with van der Waals surface area (Å²) in [5, 5.41) is 9.85. The van der Waals surface area contributed by atoms with Crippen molar-refractivity contribution >= 4 is 16.9 Å². The summed E-state index contributed by atoms with van der Waals surface area (Å²) < 4.78 is 0. The van der Waals surface area contributed by atoms with Crippen LogP contribution in [-0.4, -0.2) is 16.1 Å². The smallest absolute Gasteiger partial charge is 0.341 e. The predicted molar refractivity (Wildman–Crippen MR) is 70.4 cm³/mol. The molecule has 94 valence electrons. The molecule has 0 saturated heterocycles. The van der Waals surface area contributed by atoms with E-state index in [4.69, 9.17) is 5.11 Å². The second-order valence-electron chi connectivity index (χ2n) is 4.72. The molecular formula is C14H15NO3. The lowest BCUT2D eigenvalue weighted by Crippen LogP contribution is -2.19. The van der Waals surface area contributed by atoms with Crippen LogP contribution in [0.3, 0.4) is 0 Å². The van der Waals surface area contributed by atoms with Gasteiger partial charge in [-0.05, 0) is 36.1 Å². The van der Waals surface area contributed by atoms with Crippen LogP contribution in [0.15, 0.2) is 23.0 Å². The summed E-state index contributed by atoms with van der Waals surface area (Å²) in [4.78, 5) is 25.4. The van der Waals surface area contributed by atoms with Gasteiger partial charge in [-0.2, -0.15) is 0 Å². The molecule has 0 fully saturated rings. The number of benzene rings is 1. The number of rotatable bonds is 2. The molecule has 0 spiro atoms. The highest BCUT2D eigenvalue weighted by atomic mass is 16.4. The zero-order valence-corrected chi connectivity index (χ0v) is 10.6. The molecule has 1 heterocycles. The van der Waals surface area contributed by atoms with Crippen LogP contribution in [0.25, 0.3) is 10.9 Å². The number of pyridine rings is 1. The molecule has 2 aromatic rings. The Balaban J connectivity index is 2.85. The zero-order chi connectivity index (χ0) is 13.4. The van der Waals surface area contributed by atoms with Gasteiger partial charge in [-0.25, -0.2) is 4.79 Å². The van der Waals surface area contributed by atoms with Crippen LogP contribution in [0.4, 0.5) is 0 Å². The summed E-state index contributed by atoms with van der Waals surface area (Å²) in [7, 11) is 0. The molecule has 18 heavy (non-hydrogen) atoms. The molecule has 0 aliphatic heterocycles. The SMILES string of the molecule is Cc1c(C(=O)O)c(=O)[nH]c2ccc(C(C)C)cc12. The van der Waals surface area contributed by atoms with Crippen molar-refractivity contribution in [3.05, 3.63) is 45.2 Å². The monoisotopic (exact) mass is 245 g/mol. The van der Waals surface area contributed by atoms with Crippen LogP contribution in [0, 0.1) is 6.92 Å². The number of fused-ring (bicyclic) bond motifs is 1. The third-order valence-electron chi connectivity index (χ3n) is 3.18. The molecule has 1 aromatic heterocycles. The minimum Gasteiger partial charge on any atom is -0.477 e. The highest BCUT2D eigenvalue weighted by Crippen LogP contribution is 2.23. The summed E-state index contributed by atoms with van der Waals surface area (Å²) in [6, 6.07) is 5.71. The van der Waals surface area contributed by atoms with Gasteiger partial charge in [0.2, 0.25) is 0 Å². The van der Waals surface area contributed by atoms with Gasteiger partial charge >= 0.3 is 5.97 Å². The number of hydrogen-bond donors (Lipinski definition) is 2. The Labute approximate surface area is 104 Å². The predicted octanol–water partition coefficient (Wildman–Crippen LogP) is 2.66. The van der Waals surface area contributed by atoms with E-state index >= 15 is 0 Å². The summed E-state index contributed by atoms with van der Waals surface area (Å²) in [6.07, 6.45) is 0. The first-order valence-electron chi connectivity index (χ1n) is 5.81. The Morgan fingerprint density at radius 2 is 2.00 bits per heavy atom. The lowest BCUT2D eigenvalue weighted by molar-refractivity contribution is 0.0694. The Morgan fingerprint density at radius 1 is 1.33 bits per heavy atom. The molecule has 0 unspecified atom stereocenters. The number of carbonyl (C=O) groups is 1. The number of aryl methyl sites for hydroxylation is 1. The number of aromatic nitrogens is 1. The Hall–Kier alpha value is -2.10. The number of aromatic amines is 1. The van der Waals surface area contributed by atoms with Gasteiger partial charge in [0, 0.05) is 10.9 Å². The first kappa shape index (κ1) is 12.4. The largest absolute Gasteiger partial charge is 0.477 e. The fraction of sp³-hybridized carbons (Fsp3) is 0.286. The van der Waals surface area contributed by atoms with Crippen molar-refractivity contribution in [1.29, 1.82) is 0 Å². The number of aromatic carboxylic acids is 1. The summed E-state index contributed by atoms with van der Waals surface area (Å²) in [6.45, 7) is 5.81. The van der Waals surface area contributed by atoms with Crippen LogP contribution in [0.5, 0.6) is 0 Å². The van der Waals surface area contributed by atoms with E-state index < -0.39 is 11.5 Å². The summed E-state index contributed by atoms with van der Waals surface area (Å²) >= 11 is 0. The number of carboxylic acid groups (broad SMARTS) is 1. The van der Waals surface area contributed by atoms with Gasteiger partial charge in [-0.3, -0.25) is 4.79 Å². The van der Waals surface area contributed by atoms with Crippen molar-refractivity contribution in [3.8, 4) is 0 Å². The van der Waals surface area contributed by atoms with Gasteiger partial charge in [-0.15, -0.1) is 0 Å². The molecule has 4 heteroatoms. The van der Waals surface area contributed by atoms with Gasteiger partial charge in [0.25, 0.3) is 5.56 Å². The van der Waals surface area contributed by atoms with Crippen molar-refractivity contribution in [2.75, 3.05) is 0 Å². The van der Waals surface area contributed by atoms with Crippen molar-refractivity contribution in [1.82, 2.24) is 4.98 Å². The van der Waals surface area contributed by atoms with Crippen molar-refractivity contribution < 1.29 is 9.90 Å². The fourth-order valence-corrected chi connectivity index (χ4v) is 2.09. The van der Waals surface area contributed by atoms with Crippen molar-refractivity contribution in [2.24, 2.45) is 0 Å². The molecule has 0 radical (unpaired) electrons. The molecule has 1 aromatic carbocycles. The summed E-state index contributed by atoms with van der Waals surface area (Å²) in [5.74, 6) is -0.834. The van der Waals surface area contributed by atoms with Gasteiger partial charge in [-0.1, -0.05) is 19.9 Å². The van der Waals surface area contributed by atoms with Crippen LogP contribution in [-0.2, 0) is 0 Å². The van der Waals surface area contributed by atoms with Gasteiger partial charge in [0.1, 0.15) is 5.56 Å². The second-order valence-corrected chi connectivity index (χ2v) is 4.72.